The van der Waals surface area contributed by atoms with E-state index in [1.807, 2.05) is 25.1 Å². The van der Waals surface area contributed by atoms with Crippen molar-refractivity contribution in [1.82, 2.24) is 0 Å². The third-order valence-electron chi connectivity index (χ3n) is 3.23. The molecule has 3 heteroatoms. The van der Waals surface area contributed by atoms with E-state index < -0.39 is 0 Å². The Labute approximate surface area is 122 Å². The average molecular weight is 322 g/mol. The highest BCUT2D eigenvalue weighted by molar-refractivity contribution is 9.10. The zero-order valence-electron chi connectivity index (χ0n) is 11.1. The first-order valence-corrected chi connectivity index (χ1v) is 7.11. The van der Waals surface area contributed by atoms with Crippen molar-refractivity contribution in [3.05, 3.63) is 63.9 Å². The van der Waals surface area contributed by atoms with Gasteiger partial charge in [-0.3, -0.25) is 0 Å². The molecule has 1 unspecified atom stereocenters. The highest BCUT2D eigenvalue weighted by Crippen LogP contribution is 2.25. The summed E-state index contributed by atoms with van der Waals surface area (Å²) in [6.07, 6.45) is 0. The van der Waals surface area contributed by atoms with Crippen molar-refractivity contribution >= 4 is 21.6 Å². The van der Waals surface area contributed by atoms with Gasteiger partial charge >= 0.3 is 0 Å². The van der Waals surface area contributed by atoms with E-state index in [9.17, 15) is 4.39 Å². The molecule has 0 aliphatic carbocycles. The molecule has 0 spiro atoms. The minimum atomic E-state index is -0.236. The van der Waals surface area contributed by atoms with Crippen LogP contribution in [-0.2, 0) is 0 Å². The predicted octanol–water partition coefficient (Wildman–Crippen LogP) is 5.11. The van der Waals surface area contributed by atoms with E-state index in [4.69, 9.17) is 0 Å². The maximum absolute atomic E-state index is 13.5. The molecule has 0 aliphatic heterocycles. The quantitative estimate of drug-likeness (QED) is 0.824. The zero-order valence-corrected chi connectivity index (χ0v) is 12.7. The van der Waals surface area contributed by atoms with Gasteiger partial charge in [0.1, 0.15) is 5.82 Å². The molecule has 1 nitrogen and oxygen atoms in total. The monoisotopic (exact) mass is 321 g/mol. The Balaban J connectivity index is 2.05. The summed E-state index contributed by atoms with van der Waals surface area (Å²) in [5.74, 6) is 0.146. The van der Waals surface area contributed by atoms with Gasteiger partial charge in [0.15, 0.2) is 0 Å². The van der Waals surface area contributed by atoms with Crippen LogP contribution in [0.4, 0.5) is 10.1 Å². The van der Waals surface area contributed by atoms with E-state index in [1.54, 1.807) is 6.07 Å². The van der Waals surface area contributed by atoms with E-state index >= 15 is 0 Å². The first-order valence-electron chi connectivity index (χ1n) is 6.32. The number of anilines is 1. The van der Waals surface area contributed by atoms with Crippen LogP contribution in [0.15, 0.2) is 46.9 Å². The van der Waals surface area contributed by atoms with E-state index in [-0.39, 0.29) is 5.82 Å². The lowest BCUT2D eigenvalue weighted by Crippen LogP contribution is -2.10. The molecule has 0 amide bonds. The van der Waals surface area contributed by atoms with Crippen molar-refractivity contribution in [2.24, 2.45) is 0 Å². The van der Waals surface area contributed by atoms with Gasteiger partial charge in [0.05, 0.1) is 4.47 Å². The summed E-state index contributed by atoms with van der Waals surface area (Å²) in [5.41, 5.74) is 3.17. The molecule has 0 heterocycles. The van der Waals surface area contributed by atoms with Crippen LogP contribution >= 0.6 is 15.9 Å². The molecule has 0 radical (unpaired) electrons. The first-order chi connectivity index (χ1) is 9.08. The maximum atomic E-state index is 13.5. The van der Waals surface area contributed by atoms with Crippen molar-refractivity contribution in [3.63, 3.8) is 0 Å². The lowest BCUT2D eigenvalue weighted by atomic mass is 10.0. The second-order valence-electron chi connectivity index (χ2n) is 4.77. The zero-order chi connectivity index (χ0) is 13.8. The summed E-state index contributed by atoms with van der Waals surface area (Å²) in [5, 5.41) is 3.32. The second-order valence-corrected chi connectivity index (χ2v) is 5.63. The van der Waals surface area contributed by atoms with Gasteiger partial charge in [0.2, 0.25) is 0 Å². The third kappa shape index (κ3) is 3.57. The summed E-state index contributed by atoms with van der Waals surface area (Å²) in [7, 11) is 0. The largest absolute Gasteiger partial charge is 0.384 e. The van der Waals surface area contributed by atoms with Gasteiger partial charge in [-0.2, -0.15) is 0 Å². The van der Waals surface area contributed by atoms with Crippen LogP contribution in [0.25, 0.3) is 0 Å². The van der Waals surface area contributed by atoms with Gasteiger partial charge in [0, 0.05) is 12.2 Å². The minimum absolute atomic E-state index is 0.236. The van der Waals surface area contributed by atoms with Crippen molar-refractivity contribution in [2.45, 2.75) is 19.8 Å². The molecule has 2 aromatic rings. The van der Waals surface area contributed by atoms with Gasteiger partial charge in [-0.15, -0.1) is 0 Å². The Kier molecular flexibility index (Phi) is 4.59. The number of rotatable bonds is 4. The van der Waals surface area contributed by atoms with Crippen LogP contribution in [0.2, 0.25) is 0 Å². The van der Waals surface area contributed by atoms with Crippen LogP contribution in [-0.4, -0.2) is 6.54 Å². The van der Waals surface area contributed by atoms with Crippen molar-refractivity contribution < 1.29 is 4.39 Å². The highest BCUT2D eigenvalue weighted by atomic mass is 79.9. The highest BCUT2D eigenvalue weighted by Gasteiger charge is 2.08. The summed E-state index contributed by atoms with van der Waals surface area (Å²) in [6.45, 7) is 4.92. The first kappa shape index (κ1) is 14.1. The van der Waals surface area contributed by atoms with Gasteiger partial charge in [0.25, 0.3) is 0 Å². The van der Waals surface area contributed by atoms with Crippen molar-refractivity contribution in [1.29, 1.82) is 0 Å². The molecular formula is C16H17BrFN. The Hall–Kier alpha value is -1.35. The summed E-state index contributed by atoms with van der Waals surface area (Å²) >= 11 is 3.19. The van der Waals surface area contributed by atoms with Gasteiger partial charge in [-0.05, 0) is 52.0 Å². The molecule has 0 saturated carbocycles. The average Bonchev–Trinajstić information content (AvgIpc) is 2.42. The van der Waals surface area contributed by atoms with Crippen LogP contribution in [0.3, 0.4) is 0 Å². The standard InChI is InChI=1S/C16H17BrFN/c1-11-8-14(17)15(18)9-16(11)19-10-12(2)13-6-4-3-5-7-13/h3-9,12,19H,10H2,1-2H3. The topological polar surface area (TPSA) is 12.0 Å². The number of nitrogens with one attached hydrogen (secondary N) is 1. The molecule has 2 aromatic carbocycles. The Bertz CT molecular complexity index is 554. The SMILES string of the molecule is Cc1cc(Br)c(F)cc1NCC(C)c1ccccc1. The molecule has 0 fully saturated rings. The fraction of sp³-hybridized carbons (Fsp3) is 0.250. The van der Waals surface area contributed by atoms with Crippen LogP contribution < -0.4 is 5.32 Å². The second kappa shape index (κ2) is 6.20. The molecule has 1 atom stereocenters. The fourth-order valence-corrected chi connectivity index (χ4v) is 2.46. The smallest absolute Gasteiger partial charge is 0.139 e. The number of halogens is 2. The molecule has 19 heavy (non-hydrogen) atoms. The fourth-order valence-electron chi connectivity index (χ4n) is 2.00. The maximum Gasteiger partial charge on any atom is 0.139 e. The lowest BCUT2D eigenvalue weighted by molar-refractivity contribution is 0.621. The Morgan fingerprint density at radius 2 is 1.89 bits per heavy atom. The summed E-state index contributed by atoms with van der Waals surface area (Å²) in [4.78, 5) is 0. The number of hydrogen-bond donors (Lipinski definition) is 1. The minimum Gasteiger partial charge on any atom is -0.384 e. The molecule has 0 aromatic heterocycles. The number of hydrogen-bond acceptors (Lipinski definition) is 1. The Morgan fingerprint density at radius 1 is 1.21 bits per heavy atom. The van der Waals surface area contributed by atoms with Crippen LogP contribution in [0, 0.1) is 12.7 Å². The molecule has 0 saturated heterocycles. The van der Waals surface area contributed by atoms with Gasteiger partial charge in [-0.25, -0.2) is 4.39 Å². The number of aryl methyl sites for hydroxylation is 1. The molecular weight excluding hydrogens is 305 g/mol. The Morgan fingerprint density at radius 3 is 2.58 bits per heavy atom. The van der Waals surface area contributed by atoms with Gasteiger partial charge in [-0.1, -0.05) is 37.3 Å². The van der Waals surface area contributed by atoms with E-state index in [2.05, 4.69) is 40.3 Å². The molecule has 0 bridgehead atoms. The molecule has 2 rings (SSSR count). The van der Waals surface area contributed by atoms with Crippen molar-refractivity contribution in [3.8, 4) is 0 Å². The molecule has 0 aliphatic rings. The van der Waals surface area contributed by atoms with Crippen LogP contribution in [0.5, 0.6) is 0 Å². The van der Waals surface area contributed by atoms with E-state index in [0.29, 0.717) is 10.4 Å². The third-order valence-corrected chi connectivity index (χ3v) is 3.84. The number of benzene rings is 2. The van der Waals surface area contributed by atoms with Gasteiger partial charge < -0.3 is 5.32 Å². The predicted molar refractivity (Wildman–Crippen MR) is 82.2 cm³/mol. The van der Waals surface area contributed by atoms with Crippen LogP contribution in [0.1, 0.15) is 24.0 Å². The lowest BCUT2D eigenvalue weighted by Gasteiger charge is -2.16. The van der Waals surface area contributed by atoms with E-state index in [1.165, 1.54) is 11.6 Å². The summed E-state index contributed by atoms with van der Waals surface area (Å²) < 4.78 is 14.0. The molecule has 1 N–H and O–H groups in total. The molecule has 100 valence electrons. The van der Waals surface area contributed by atoms with E-state index in [0.717, 1.165) is 17.8 Å². The summed E-state index contributed by atoms with van der Waals surface area (Å²) in [6, 6.07) is 13.6. The van der Waals surface area contributed by atoms with Crippen molar-refractivity contribution in [2.75, 3.05) is 11.9 Å². The normalized spacial score (nSPS) is 12.2.